The average Bonchev–Trinajstić information content (AvgIpc) is 3.17. The summed E-state index contributed by atoms with van der Waals surface area (Å²) in [5.41, 5.74) is 1.59. The summed E-state index contributed by atoms with van der Waals surface area (Å²) >= 11 is 0. The zero-order chi connectivity index (χ0) is 18.5. The van der Waals surface area contributed by atoms with Crippen LogP contribution in [0, 0.1) is 0 Å². The number of hydrogen-bond donors (Lipinski definition) is 1. The lowest BCUT2D eigenvalue weighted by atomic mass is 10.2. The minimum Gasteiger partial charge on any atom is -0.486 e. The molecule has 3 aromatic rings. The highest BCUT2D eigenvalue weighted by Crippen LogP contribution is 2.32. The molecule has 2 heterocycles. The van der Waals surface area contributed by atoms with E-state index in [1.54, 1.807) is 18.2 Å². The molecule has 0 bridgehead atoms. The highest BCUT2D eigenvalue weighted by molar-refractivity contribution is 5.91. The fraction of sp³-hybridized carbons (Fsp3) is 0.250. The number of rotatable bonds is 6. The number of benzene rings is 2. The van der Waals surface area contributed by atoms with Gasteiger partial charge >= 0.3 is 0 Å². The van der Waals surface area contributed by atoms with Crippen molar-refractivity contribution in [3.05, 3.63) is 54.4 Å². The van der Waals surface area contributed by atoms with Crippen molar-refractivity contribution in [2.24, 2.45) is 0 Å². The van der Waals surface area contributed by atoms with Crippen molar-refractivity contribution >= 4 is 11.6 Å². The van der Waals surface area contributed by atoms with E-state index in [4.69, 9.17) is 14.0 Å². The lowest BCUT2D eigenvalue weighted by molar-refractivity contribution is -0.116. The van der Waals surface area contributed by atoms with Crippen LogP contribution in [0.3, 0.4) is 0 Å². The monoisotopic (exact) mass is 365 g/mol. The predicted octanol–water partition coefficient (Wildman–Crippen LogP) is 3.47. The van der Waals surface area contributed by atoms with Crippen LogP contribution in [0.5, 0.6) is 11.5 Å². The predicted molar refractivity (Wildman–Crippen MR) is 98.7 cm³/mol. The van der Waals surface area contributed by atoms with E-state index in [0.29, 0.717) is 61.4 Å². The molecule has 1 aliphatic heterocycles. The summed E-state index contributed by atoms with van der Waals surface area (Å²) in [7, 11) is 0. The van der Waals surface area contributed by atoms with E-state index in [1.807, 2.05) is 30.3 Å². The Morgan fingerprint density at radius 1 is 1.04 bits per heavy atom. The molecule has 7 nitrogen and oxygen atoms in total. The van der Waals surface area contributed by atoms with E-state index in [1.165, 1.54) is 0 Å². The van der Waals surface area contributed by atoms with E-state index < -0.39 is 0 Å². The minimum atomic E-state index is -0.0746. The normalized spacial score (nSPS) is 12.6. The van der Waals surface area contributed by atoms with Gasteiger partial charge in [0.25, 0.3) is 0 Å². The van der Waals surface area contributed by atoms with Crippen LogP contribution < -0.4 is 14.8 Å². The second kappa shape index (κ2) is 7.90. The number of carbonyl (C=O) groups excluding carboxylic acids is 1. The van der Waals surface area contributed by atoms with Crippen LogP contribution in [0.2, 0.25) is 0 Å². The van der Waals surface area contributed by atoms with Crippen LogP contribution in [0.1, 0.15) is 18.7 Å². The number of carbonyl (C=O) groups is 1. The standard InChI is InChI=1S/C20H19N3O4/c24-18(21-15-9-10-16-17(13-15)26-12-11-25-16)7-4-8-19-22-20(23-27-19)14-5-2-1-3-6-14/h1-3,5-6,9-10,13H,4,7-8,11-12H2,(H,21,24). The molecule has 0 saturated heterocycles. The lowest BCUT2D eigenvalue weighted by Gasteiger charge is -2.19. The van der Waals surface area contributed by atoms with Crippen LogP contribution >= 0.6 is 0 Å². The summed E-state index contributed by atoms with van der Waals surface area (Å²) < 4.78 is 16.2. The maximum atomic E-state index is 12.1. The summed E-state index contributed by atoms with van der Waals surface area (Å²) in [6.07, 6.45) is 1.53. The Hall–Kier alpha value is -3.35. The van der Waals surface area contributed by atoms with Gasteiger partial charge in [0.2, 0.25) is 17.6 Å². The Morgan fingerprint density at radius 3 is 2.70 bits per heavy atom. The molecule has 2 aromatic carbocycles. The van der Waals surface area contributed by atoms with Crippen molar-refractivity contribution in [3.63, 3.8) is 0 Å². The third kappa shape index (κ3) is 4.25. The summed E-state index contributed by atoms with van der Waals surface area (Å²) in [6.45, 7) is 1.06. The molecule has 27 heavy (non-hydrogen) atoms. The number of nitrogens with one attached hydrogen (secondary N) is 1. The van der Waals surface area contributed by atoms with Crippen LogP contribution in [-0.2, 0) is 11.2 Å². The molecule has 7 heteroatoms. The molecule has 1 amide bonds. The fourth-order valence-corrected chi connectivity index (χ4v) is 2.81. The number of fused-ring (bicyclic) bond motifs is 1. The molecule has 0 spiro atoms. The van der Waals surface area contributed by atoms with Gasteiger partial charge in [-0.25, -0.2) is 0 Å². The molecule has 138 valence electrons. The largest absolute Gasteiger partial charge is 0.486 e. The van der Waals surface area contributed by atoms with Gasteiger partial charge in [-0.3, -0.25) is 4.79 Å². The first-order valence-electron chi connectivity index (χ1n) is 8.85. The Labute approximate surface area is 156 Å². The Bertz CT molecular complexity index is 924. The third-order valence-corrected chi connectivity index (χ3v) is 4.12. The van der Waals surface area contributed by atoms with Crippen molar-refractivity contribution in [2.75, 3.05) is 18.5 Å². The van der Waals surface area contributed by atoms with Gasteiger partial charge in [-0.1, -0.05) is 35.5 Å². The quantitative estimate of drug-likeness (QED) is 0.720. The SMILES string of the molecule is O=C(CCCc1nc(-c2ccccc2)no1)Nc1ccc2c(c1)OCCO2. The Morgan fingerprint density at radius 2 is 1.85 bits per heavy atom. The van der Waals surface area contributed by atoms with Crippen molar-refractivity contribution in [3.8, 4) is 22.9 Å². The maximum Gasteiger partial charge on any atom is 0.226 e. The molecule has 0 aliphatic carbocycles. The number of nitrogens with zero attached hydrogens (tertiary/aromatic N) is 2. The summed E-state index contributed by atoms with van der Waals surface area (Å²) in [5, 5.41) is 6.85. The first-order valence-corrected chi connectivity index (χ1v) is 8.85. The molecule has 4 rings (SSSR count). The number of ether oxygens (including phenoxy) is 2. The smallest absolute Gasteiger partial charge is 0.226 e. The van der Waals surface area contributed by atoms with Gasteiger partial charge in [0.15, 0.2) is 11.5 Å². The third-order valence-electron chi connectivity index (χ3n) is 4.12. The van der Waals surface area contributed by atoms with Gasteiger partial charge in [0.05, 0.1) is 0 Å². The zero-order valence-electron chi connectivity index (χ0n) is 14.7. The molecular formula is C20H19N3O4. The number of aromatic nitrogens is 2. The van der Waals surface area contributed by atoms with Gasteiger partial charge in [-0.15, -0.1) is 0 Å². The lowest BCUT2D eigenvalue weighted by Crippen LogP contribution is -2.16. The molecule has 1 N–H and O–H groups in total. The van der Waals surface area contributed by atoms with Gasteiger partial charge in [-0.2, -0.15) is 4.98 Å². The molecule has 0 saturated carbocycles. The maximum absolute atomic E-state index is 12.1. The van der Waals surface area contributed by atoms with Gasteiger partial charge in [-0.05, 0) is 18.6 Å². The molecule has 1 aromatic heterocycles. The highest BCUT2D eigenvalue weighted by atomic mass is 16.6. The molecule has 0 atom stereocenters. The summed E-state index contributed by atoms with van der Waals surface area (Å²) in [5.74, 6) is 2.37. The van der Waals surface area contributed by atoms with Crippen molar-refractivity contribution in [2.45, 2.75) is 19.3 Å². The molecular weight excluding hydrogens is 346 g/mol. The second-order valence-electron chi connectivity index (χ2n) is 6.14. The molecule has 1 aliphatic rings. The van der Waals surface area contributed by atoms with Crippen LogP contribution in [0.4, 0.5) is 5.69 Å². The van der Waals surface area contributed by atoms with Crippen LogP contribution in [0.15, 0.2) is 53.1 Å². The second-order valence-corrected chi connectivity index (χ2v) is 6.14. The van der Waals surface area contributed by atoms with E-state index in [9.17, 15) is 4.79 Å². The molecule has 0 fully saturated rings. The number of aryl methyl sites for hydroxylation is 1. The number of amides is 1. The summed E-state index contributed by atoms with van der Waals surface area (Å²) in [6, 6.07) is 15.0. The van der Waals surface area contributed by atoms with E-state index in [0.717, 1.165) is 5.56 Å². The molecule has 0 radical (unpaired) electrons. The van der Waals surface area contributed by atoms with Crippen molar-refractivity contribution < 1.29 is 18.8 Å². The fourth-order valence-electron chi connectivity index (χ4n) is 2.81. The Balaban J connectivity index is 1.27. The molecule has 0 unspecified atom stereocenters. The van der Waals surface area contributed by atoms with Crippen molar-refractivity contribution in [1.82, 2.24) is 10.1 Å². The number of hydrogen-bond acceptors (Lipinski definition) is 6. The van der Waals surface area contributed by atoms with E-state index in [-0.39, 0.29) is 5.91 Å². The van der Waals surface area contributed by atoms with Gasteiger partial charge in [0.1, 0.15) is 13.2 Å². The number of anilines is 1. The van der Waals surface area contributed by atoms with Gasteiger partial charge < -0.3 is 19.3 Å². The first kappa shape index (κ1) is 17.1. The van der Waals surface area contributed by atoms with Crippen LogP contribution in [0.25, 0.3) is 11.4 Å². The first-order chi connectivity index (χ1) is 13.3. The van der Waals surface area contributed by atoms with Crippen LogP contribution in [-0.4, -0.2) is 29.3 Å². The highest BCUT2D eigenvalue weighted by Gasteiger charge is 2.13. The van der Waals surface area contributed by atoms with E-state index in [2.05, 4.69) is 15.5 Å². The topological polar surface area (TPSA) is 86.5 Å². The Kier molecular flexibility index (Phi) is 5.00. The summed E-state index contributed by atoms with van der Waals surface area (Å²) in [4.78, 5) is 16.5. The zero-order valence-corrected chi connectivity index (χ0v) is 14.7. The average molecular weight is 365 g/mol. The van der Waals surface area contributed by atoms with Gasteiger partial charge in [0, 0.05) is 30.2 Å². The minimum absolute atomic E-state index is 0.0746. The van der Waals surface area contributed by atoms with E-state index >= 15 is 0 Å². The van der Waals surface area contributed by atoms with Crippen molar-refractivity contribution in [1.29, 1.82) is 0 Å².